The van der Waals surface area contributed by atoms with Crippen LogP contribution in [0.1, 0.15) is 20.8 Å². The van der Waals surface area contributed by atoms with Gasteiger partial charge in [-0.2, -0.15) is 0 Å². The van der Waals surface area contributed by atoms with Gasteiger partial charge < -0.3 is 20.1 Å². The topological polar surface area (TPSA) is 76.7 Å². The van der Waals surface area contributed by atoms with Gasteiger partial charge in [-0.1, -0.05) is 26.0 Å². The van der Waals surface area contributed by atoms with Crippen molar-refractivity contribution in [1.29, 1.82) is 0 Å². The van der Waals surface area contributed by atoms with Gasteiger partial charge in [0.2, 0.25) is 11.8 Å². The average molecular weight is 356 g/mol. The fraction of sp³-hybridized carbons (Fsp3) is 0.300. The number of carbonyl (C=O) groups excluding carboxylic acids is 2. The van der Waals surface area contributed by atoms with E-state index in [1.165, 1.54) is 6.92 Å². The lowest BCUT2D eigenvalue weighted by Crippen LogP contribution is -2.46. The zero-order valence-corrected chi connectivity index (χ0v) is 15.4. The van der Waals surface area contributed by atoms with Gasteiger partial charge >= 0.3 is 0 Å². The summed E-state index contributed by atoms with van der Waals surface area (Å²) in [5.74, 6) is 1.35. The average Bonchev–Trinajstić information content (AvgIpc) is 2.61. The lowest BCUT2D eigenvalue weighted by Gasteiger charge is -2.21. The van der Waals surface area contributed by atoms with E-state index in [0.717, 1.165) is 0 Å². The number of carbonyl (C=O) groups is 2. The molecule has 2 N–H and O–H groups in total. The van der Waals surface area contributed by atoms with Crippen LogP contribution in [0.25, 0.3) is 0 Å². The summed E-state index contributed by atoms with van der Waals surface area (Å²) in [4.78, 5) is 23.6. The van der Waals surface area contributed by atoms with Crippen molar-refractivity contribution in [3.05, 3.63) is 48.5 Å². The highest BCUT2D eigenvalue weighted by molar-refractivity contribution is 5.97. The standard InChI is InChI=1S/C20H24N2O4/c1-13(2)19(21-14(3)23)20(24)22-15-9-11-16(12-10-15)26-18-8-6-5-7-17(18)25-4/h5-13,19H,1-4H3,(H,21,23)(H,22,24). The van der Waals surface area contributed by atoms with E-state index in [1.54, 1.807) is 31.4 Å². The first kappa shape index (κ1) is 19.3. The molecule has 1 unspecified atom stereocenters. The maximum Gasteiger partial charge on any atom is 0.247 e. The first-order valence-electron chi connectivity index (χ1n) is 8.39. The first-order valence-corrected chi connectivity index (χ1v) is 8.39. The van der Waals surface area contributed by atoms with Gasteiger partial charge in [-0.05, 0) is 42.3 Å². The molecule has 26 heavy (non-hydrogen) atoms. The molecule has 0 heterocycles. The molecule has 0 aliphatic heterocycles. The number of nitrogens with one attached hydrogen (secondary N) is 2. The van der Waals surface area contributed by atoms with Crippen LogP contribution in [0.15, 0.2) is 48.5 Å². The summed E-state index contributed by atoms with van der Waals surface area (Å²) >= 11 is 0. The lowest BCUT2D eigenvalue weighted by atomic mass is 10.0. The molecule has 2 amide bonds. The molecule has 1 atom stereocenters. The van der Waals surface area contributed by atoms with E-state index in [4.69, 9.17) is 9.47 Å². The number of ether oxygens (including phenoxy) is 2. The van der Waals surface area contributed by atoms with E-state index in [0.29, 0.717) is 22.9 Å². The molecule has 0 spiro atoms. The highest BCUT2D eigenvalue weighted by Crippen LogP contribution is 2.31. The summed E-state index contributed by atoms with van der Waals surface area (Å²) in [5.41, 5.74) is 0.623. The Labute approximate surface area is 153 Å². The zero-order valence-electron chi connectivity index (χ0n) is 15.4. The molecule has 0 bridgehead atoms. The number of anilines is 1. The van der Waals surface area contributed by atoms with Crippen LogP contribution in [0.4, 0.5) is 5.69 Å². The molecule has 0 aromatic heterocycles. The fourth-order valence-corrected chi connectivity index (χ4v) is 2.41. The number of amides is 2. The molecule has 0 aliphatic rings. The van der Waals surface area contributed by atoms with E-state index >= 15 is 0 Å². The van der Waals surface area contributed by atoms with Crippen molar-refractivity contribution in [2.45, 2.75) is 26.8 Å². The molecule has 0 saturated heterocycles. The van der Waals surface area contributed by atoms with Gasteiger partial charge in [-0.25, -0.2) is 0 Å². The third-order valence-corrected chi connectivity index (χ3v) is 3.73. The number of rotatable bonds is 7. The van der Waals surface area contributed by atoms with E-state index in [1.807, 2.05) is 38.1 Å². The number of methoxy groups -OCH3 is 1. The Morgan fingerprint density at radius 2 is 1.58 bits per heavy atom. The van der Waals surface area contributed by atoms with Gasteiger partial charge in [0.25, 0.3) is 0 Å². The third kappa shape index (κ3) is 5.24. The van der Waals surface area contributed by atoms with E-state index in [-0.39, 0.29) is 17.7 Å². The Balaban J connectivity index is 2.04. The van der Waals surface area contributed by atoms with Crippen molar-refractivity contribution in [2.24, 2.45) is 5.92 Å². The van der Waals surface area contributed by atoms with Crippen LogP contribution in [0.3, 0.4) is 0 Å². The second kappa shape index (κ2) is 8.89. The Bertz CT molecular complexity index is 757. The normalized spacial score (nSPS) is 11.6. The predicted octanol–water partition coefficient (Wildman–Crippen LogP) is 3.59. The van der Waals surface area contributed by atoms with Crippen LogP contribution < -0.4 is 20.1 Å². The molecule has 138 valence electrons. The smallest absolute Gasteiger partial charge is 0.247 e. The highest BCUT2D eigenvalue weighted by atomic mass is 16.5. The molecule has 2 rings (SSSR count). The van der Waals surface area contributed by atoms with Crippen molar-refractivity contribution < 1.29 is 19.1 Å². The minimum atomic E-state index is -0.586. The summed E-state index contributed by atoms with van der Waals surface area (Å²) in [6.07, 6.45) is 0. The first-order chi connectivity index (χ1) is 12.4. The van der Waals surface area contributed by atoms with Gasteiger partial charge in [0, 0.05) is 12.6 Å². The van der Waals surface area contributed by atoms with Crippen LogP contribution in [-0.2, 0) is 9.59 Å². The second-order valence-corrected chi connectivity index (χ2v) is 6.19. The van der Waals surface area contributed by atoms with Crippen LogP contribution in [0, 0.1) is 5.92 Å². The van der Waals surface area contributed by atoms with Crippen molar-refractivity contribution in [3.8, 4) is 17.2 Å². The molecule has 0 fully saturated rings. The van der Waals surface area contributed by atoms with Gasteiger partial charge in [-0.15, -0.1) is 0 Å². The largest absolute Gasteiger partial charge is 0.493 e. The Hall–Kier alpha value is -3.02. The lowest BCUT2D eigenvalue weighted by molar-refractivity contribution is -0.126. The number of hydrogen-bond acceptors (Lipinski definition) is 4. The summed E-state index contributed by atoms with van der Waals surface area (Å²) in [5, 5.41) is 5.47. The number of benzene rings is 2. The molecule has 0 aliphatic carbocycles. The molecular weight excluding hydrogens is 332 g/mol. The van der Waals surface area contributed by atoms with Crippen molar-refractivity contribution in [3.63, 3.8) is 0 Å². The maximum absolute atomic E-state index is 12.4. The quantitative estimate of drug-likeness (QED) is 0.795. The van der Waals surface area contributed by atoms with Crippen molar-refractivity contribution in [2.75, 3.05) is 12.4 Å². The molecule has 0 radical (unpaired) electrons. The Morgan fingerprint density at radius 1 is 0.962 bits per heavy atom. The van der Waals surface area contributed by atoms with Gasteiger partial charge in [-0.3, -0.25) is 9.59 Å². The third-order valence-electron chi connectivity index (χ3n) is 3.73. The molecule has 6 heteroatoms. The Morgan fingerprint density at radius 3 is 2.12 bits per heavy atom. The molecule has 6 nitrogen and oxygen atoms in total. The van der Waals surface area contributed by atoms with Crippen LogP contribution in [0.2, 0.25) is 0 Å². The van der Waals surface area contributed by atoms with Crippen LogP contribution in [0.5, 0.6) is 17.2 Å². The van der Waals surface area contributed by atoms with E-state index < -0.39 is 6.04 Å². The van der Waals surface area contributed by atoms with E-state index in [2.05, 4.69) is 10.6 Å². The fourth-order valence-electron chi connectivity index (χ4n) is 2.41. The molecule has 2 aromatic rings. The van der Waals surface area contributed by atoms with Gasteiger partial charge in [0.15, 0.2) is 11.5 Å². The summed E-state index contributed by atoms with van der Waals surface area (Å²) in [7, 11) is 1.58. The summed E-state index contributed by atoms with van der Waals surface area (Å²) < 4.78 is 11.1. The molecule has 0 saturated carbocycles. The van der Waals surface area contributed by atoms with E-state index in [9.17, 15) is 9.59 Å². The Kier molecular flexibility index (Phi) is 6.60. The summed E-state index contributed by atoms with van der Waals surface area (Å²) in [6, 6.07) is 13.8. The highest BCUT2D eigenvalue weighted by Gasteiger charge is 2.22. The van der Waals surface area contributed by atoms with Gasteiger partial charge in [0.05, 0.1) is 7.11 Å². The van der Waals surface area contributed by atoms with Crippen LogP contribution in [-0.4, -0.2) is 25.0 Å². The maximum atomic E-state index is 12.4. The minimum Gasteiger partial charge on any atom is -0.493 e. The minimum absolute atomic E-state index is 0.0212. The molecular formula is C20H24N2O4. The van der Waals surface area contributed by atoms with Gasteiger partial charge in [0.1, 0.15) is 11.8 Å². The predicted molar refractivity (Wildman–Crippen MR) is 101 cm³/mol. The SMILES string of the molecule is COc1ccccc1Oc1ccc(NC(=O)C(NC(C)=O)C(C)C)cc1. The monoisotopic (exact) mass is 356 g/mol. The number of hydrogen-bond donors (Lipinski definition) is 2. The summed E-state index contributed by atoms with van der Waals surface area (Å²) in [6.45, 7) is 5.15. The second-order valence-electron chi connectivity index (χ2n) is 6.19. The van der Waals surface area contributed by atoms with Crippen molar-refractivity contribution >= 4 is 17.5 Å². The molecule has 2 aromatic carbocycles. The van der Waals surface area contributed by atoms with Crippen LogP contribution >= 0.6 is 0 Å². The zero-order chi connectivity index (χ0) is 19.1. The van der Waals surface area contributed by atoms with Crippen molar-refractivity contribution in [1.82, 2.24) is 5.32 Å². The number of para-hydroxylation sites is 2.